The largest absolute Gasteiger partial charge is 0.512 e. The summed E-state index contributed by atoms with van der Waals surface area (Å²) in [5, 5.41) is 18.1. The molecule has 1 amide bonds. The quantitative estimate of drug-likeness (QED) is 0.393. The zero-order valence-corrected chi connectivity index (χ0v) is 15.8. The lowest BCUT2D eigenvalue weighted by Gasteiger charge is -2.35. The van der Waals surface area contributed by atoms with Gasteiger partial charge in [0.15, 0.2) is 5.75 Å². The molecular weight excluding hydrogens is 374 g/mol. The summed E-state index contributed by atoms with van der Waals surface area (Å²) >= 11 is 0. The first-order chi connectivity index (χ1) is 13.8. The van der Waals surface area contributed by atoms with Gasteiger partial charge in [-0.25, -0.2) is 4.79 Å². The van der Waals surface area contributed by atoms with E-state index in [4.69, 9.17) is 15.9 Å². The number of nitrogens with zero attached hydrogens (tertiary/aromatic N) is 2. The summed E-state index contributed by atoms with van der Waals surface area (Å²) < 4.78 is 7.25. The van der Waals surface area contributed by atoms with Gasteiger partial charge >= 0.3 is 5.69 Å². The van der Waals surface area contributed by atoms with E-state index < -0.39 is 17.1 Å². The van der Waals surface area contributed by atoms with Gasteiger partial charge in [-0.05, 0) is 38.1 Å². The van der Waals surface area contributed by atoms with Crippen molar-refractivity contribution in [3.63, 3.8) is 0 Å². The summed E-state index contributed by atoms with van der Waals surface area (Å²) in [4.78, 5) is 32.5. The fraction of sp³-hybridized carbons (Fsp3) is 0.200. The van der Waals surface area contributed by atoms with E-state index >= 15 is 0 Å². The topological polar surface area (TPSA) is 147 Å². The fourth-order valence-electron chi connectivity index (χ4n) is 3.89. The highest BCUT2D eigenvalue weighted by atomic mass is 16.5. The molecule has 3 aromatic rings. The summed E-state index contributed by atoms with van der Waals surface area (Å²) in [7, 11) is 0. The number of primary amides is 1. The third kappa shape index (κ3) is 2.47. The second-order valence-corrected chi connectivity index (χ2v) is 6.92. The standard InChI is InChI=1S/C20H19N5O4/c1-10(21)15(11(2)26)12-6-7-13-16-17(12)29-9-20(18(22)27,25(16)19(28)24-13)14-5-3-4-8-23-14/h3-8,21,26H,9H2,1-2H3,(H2,22,27)(H,24,28)/b15-11+,21-10?. The van der Waals surface area contributed by atoms with Gasteiger partial charge in [0.05, 0.1) is 17.0 Å². The molecule has 1 unspecified atom stereocenters. The summed E-state index contributed by atoms with van der Waals surface area (Å²) in [6.45, 7) is 2.75. The highest BCUT2D eigenvalue weighted by molar-refractivity contribution is 6.23. The number of hydrogen-bond acceptors (Lipinski definition) is 6. The molecule has 2 aromatic heterocycles. The lowest BCUT2D eigenvalue weighted by atomic mass is 9.91. The van der Waals surface area contributed by atoms with Crippen LogP contribution in [-0.4, -0.2) is 37.9 Å². The maximum absolute atomic E-state index is 12.9. The lowest BCUT2D eigenvalue weighted by molar-refractivity contribution is -0.126. The molecule has 0 saturated carbocycles. The highest BCUT2D eigenvalue weighted by Crippen LogP contribution is 2.41. The molecule has 148 valence electrons. The van der Waals surface area contributed by atoms with E-state index in [1.165, 1.54) is 17.7 Å². The summed E-state index contributed by atoms with van der Waals surface area (Å²) in [5.41, 5.74) is 5.49. The van der Waals surface area contributed by atoms with Gasteiger partial charge < -0.3 is 26.0 Å². The van der Waals surface area contributed by atoms with Gasteiger partial charge in [0, 0.05) is 23.0 Å². The van der Waals surface area contributed by atoms with Crippen LogP contribution in [0.2, 0.25) is 0 Å². The van der Waals surface area contributed by atoms with Crippen LogP contribution in [0.15, 0.2) is 47.1 Å². The normalized spacial score (nSPS) is 18.8. The fourth-order valence-corrected chi connectivity index (χ4v) is 3.89. The molecule has 0 bridgehead atoms. The molecule has 9 heteroatoms. The van der Waals surface area contributed by atoms with Crippen LogP contribution in [0.3, 0.4) is 0 Å². The molecular formula is C20H19N5O4. The monoisotopic (exact) mass is 393 g/mol. The number of carbonyl (C=O) groups excluding carboxylic acids is 1. The first kappa shape index (κ1) is 18.5. The van der Waals surface area contributed by atoms with E-state index in [1.54, 1.807) is 37.3 Å². The van der Waals surface area contributed by atoms with Crippen LogP contribution in [-0.2, 0) is 10.3 Å². The Hall–Kier alpha value is -3.88. The van der Waals surface area contributed by atoms with Crippen LogP contribution in [0.5, 0.6) is 5.75 Å². The van der Waals surface area contributed by atoms with E-state index in [0.29, 0.717) is 16.6 Å². The van der Waals surface area contributed by atoms with Crippen molar-refractivity contribution in [1.82, 2.24) is 14.5 Å². The van der Waals surface area contributed by atoms with Gasteiger partial charge in [0.1, 0.15) is 12.1 Å². The van der Waals surface area contributed by atoms with E-state index in [0.717, 1.165) is 0 Å². The van der Waals surface area contributed by atoms with Crippen molar-refractivity contribution in [3.05, 3.63) is 64.0 Å². The maximum Gasteiger partial charge on any atom is 0.327 e. The molecule has 29 heavy (non-hydrogen) atoms. The van der Waals surface area contributed by atoms with Crippen molar-refractivity contribution in [2.45, 2.75) is 19.4 Å². The number of nitrogens with one attached hydrogen (secondary N) is 2. The molecule has 1 aliphatic heterocycles. The Labute approximate surface area is 165 Å². The SMILES string of the molecule is CC(=N)/C(=C(/C)O)c1ccc2[nH]c(=O)n3c2c1OCC3(C(N)=O)c1ccccn1. The van der Waals surface area contributed by atoms with Crippen LogP contribution in [0.1, 0.15) is 25.1 Å². The molecule has 0 fully saturated rings. The number of aliphatic hydroxyl groups is 1. The van der Waals surface area contributed by atoms with Crippen LogP contribution in [0.4, 0.5) is 0 Å². The molecule has 0 saturated heterocycles. The predicted octanol–water partition coefficient (Wildman–Crippen LogP) is 1.67. The van der Waals surface area contributed by atoms with Crippen LogP contribution in [0.25, 0.3) is 16.6 Å². The Morgan fingerprint density at radius 1 is 1.34 bits per heavy atom. The lowest BCUT2D eigenvalue weighted by Crippen LogP contribution is -2.56. The number of aromatic amines is 1. The van der Waals surface area contributed by atoms with Gasteiger partial charge in [-0.2, -0.15) is 0 Å². The van der Waals surface area contributed by atoms with Gasteiger partial charge in [0.2, 0.25) is 5.54 Å². The molecule has 4 rings (SSSR count). The Morgan fingerprint density at radius 3 is 2.69 bits per heavy atom. The summed E-state index contributed by atoms with van der Waals surface area (Å²) in [6.07, 6.45) is 1.51. The average Bonchev–Trinajstić information content (AvgIpc) is 3.02. The van der Waals surface area contributed by atoms with Gasteiger partial charge in [0.25, 0.3) is 5.91 Å². The third-order valence-corrected chi connectivity index (χ3v) is 5.11. The van der Waals surface area contributed by atoms with Crippen molar-refractivity contribution in [2.75, 3.05) is 6.61 Å². The van der Waals surface area contributed by atoms with Crippen molar-refractivity contribution in [2.24, 2.45) is 5.73 Å². The molecule has 1 aromatic carbocycles. The number of carbonyl (C=O) groups is 1. The van der Waals surface area contributed by atoms with E-state index in [1.807, 2.05) is 0 Å². The molecule has 0 aliphatic carbocycles. The number of benzene rings is 1. The number of amides is 1. The number of allylic oxidation sites excluding steroid dienone is 2. The number of rotatable bonds is 4. The summed E-state index contributed by atoms with van der Waals surface area (Å²) in [6, 6.07) is 8.29. The maximum atomic E-state index is 12.9. The average molecular weight is 393 g/mol. The third-order valence-electron chi connectivity index (χ3n) is 5.11. The number of H-pyrrole nitrogens is 1. The Balaban J connectivity index is 2.14. The van der Waals surface area contributed by atoms with Crippen LogP contribution >= 0.6 is 0 Å². The highest BCUT2D eigenvalue weighted by Gasteiger charge is 2.49. The number of hydrogen-bond donors (Lipinski definition) is 4. The minimum absolute atomic E-state index is 0.0578. The smallest absolute Gasteiger partial charge is 0.327 e. The minimum Gasteiger partial charge on any atom is -0.512 e. The molecule has 5 N–H and O–H groups in total. The zero-order valence-electron chi connectivity index (χ0n) is 15.8. The first-order valence-electron chi connectivity index (χ1n) is 8.87. The van der Waals surface area contributed by atoms with Gasteiger partial charge in [-0.3, -0.25) is 14.3 Å². The zero-order chi connectivity index (χ0) is 20.9. The molecule has 3 heterocycles. The van der Waals surface area contributed by atoms with E-state index in [-0.39, 0.29) is 35.1 Å². The van der Waals surface area contributed by atoms with Crippen molar-refractivity contribution >= 4 is 28.2 Å². The number of ether oxygens (including phenoxy) is 1. The second kappa shape index (κ2) is 6.33. The van der Waals surface area contributed by atoms with Crippen molar-refractivity contribution in [1.29, 1.82) is 5.41 Å². The minimum atomic E-state index is -1.64. The first-order valence-corrected chi connectivity index (χ1v) is 8.87. The number of aromatic nitrogens is 3. The molecule has 9 nitrogen and oxygen atoms in total. The Kier molecular flexibility index (Phi) is 4.04. The van der Waals surface area contributed by atoms with Crippen LogP contribution < -0.4 is 16.2 Å². The van der Waals surface area contributed by atoms with E-state index in [2.05, 4.69) is 9.97 Å². The Bertz CT molecular complexity index is 1250. The molecule has 1 aliphatic rings. The molecule has 0 spiro atoms. The van der Waals surface area contributed by atoms with Gasteiger partial charge in [-0.15, -0.1) is 0 Å². The molecule has 1 atom stereocenters. The molecule has 0 radical (unpaired) electrons. The second-order valence-electron chi connectivity index (χ2n) is 6.92. The number of pyridine rings is 1. The van der Waals surface area contributed by atoms with E-state index in [9.17, 15) is 14.7 Å². The summed E-state index contributed by atoms with van der Waals surface area (Å²) in [5.74, 6) is -0.561. The van der Waals surface area contributed by atoms with Crippen molar-refractivity contribution in [3.8, 4) is 5.75 Å². The Morgan fingerprint density at radius 2 is 2.10 bits per heavy atom. The van der Waals surface area contributed by atoms with Crippen LogP contribution in [0, 0.1) is 5.41 Å². The van der Waals surface area contributed by atoms with Crippen molar-refractivity contribution < 1.29 is 14.6 Å². The van der Waals surface area contributed by atoms with Gasteiger partial charge in [-0.1, -0.05) is 6.07 Å². The number of nitrogens with two attached hydrogens (primary N) is 1. The number of aliphatic hydroxyl groups excluding tert-OH is 1. The predicted molar refractivity (Wildman–Crippen MR) is 107 cm³/mol. The number of imidazole rings is 1.